The fourth-order valence-electron chi connectivity index (χ4n) is 2.69. The maximum atomic E-state index is 11.2. The van der Waals surface area contributed by atoms with Gasteiger partial charge in [-0.2, -0.15) is 0 Å². The average Bonchev–Trinajstić information content (AvgIpc) is 2.68. The van der Waals surface area contributed by atoms with Crippen LogP contribution in [0.2, 0.25) is 0 Å². The quantitative estimate of drug-likeness (QED) is 0.494. The molecule has 0 fully saturated rings. The van der Waals surface area contributed by atoms with Crippen LogP contribution in [0.1, 0.15) is 35.7 Å². The normalized spacial score (nSPS) is 10.8. The van der Waals surface area contributed by atoms with E-state index in [0.717, 1.165) is 22.7 Å². The minimum absolute atomic E-state index is 0. The molecule has 0 radical (unpaired) electrons. The molecule has 2 heterocycles. The Morgan fingerprint density at radius 2 is 1.74 bits per heavy atom. The van der Waals surface area contributed by atoms with Crippen molar-refractivity contribution < 1.29 is 35.7 Å². The van der Waals surface area contributed by atoms with Gasteiger partial charge in [0.2, 0.25) is 0 Å². The van der Waals surface area contributed by atoms with Crippen molar-refractivity contribution in [1.82, 2.24) is 9.97 Å². The van der Waals surface area contributed by atoms with Crippen LogP contribution in [0.4, 0.5) is 0 Å². The first-order valence-electron chi connectivity index (χ1n) is 8.16. The maximum Gasteiger partial charge on any atom is 0.354 e. The molecule has 0 atom stereocenters. The standard InChI is InChI=1S/C21H19N2O3.Pt/c1-21(2,19-12-6-10-17(23-19)20(24)25)18-11-5-9-16(22-18)14-7-4-8-15(13-14)26-3;/h4-6,8-13H,1-3H3,(H,24,25);/q-1;. The number of hydrogen-bond acceptors (Lipinski definition) is 4. The Kier molecular flexibility index (Phi) is 6.50. The zero-order valence-corrected chi connectivity index (χ0v) is 17.4. The number of carboxylic acids is 1. The molecule has 1 N–H and O–H groups in total. The molecule has 1 aromatic carbocycles. The number of aromatic carboxylic acids is 1. The third kappa shape index (κ3) is 4.42. The second-order valence-electron chi connectivity index (χ2n) is 6.39. The summed E-state index contributed by atoms with van der Waals surface area (Å²) in [6, 6.07) is 19.4. The Balaban J connectivity index is 0.00000261. The molecule has 0 saturated heterocycles. The maximum absolute atomic E-state index is 11.2. The summed E-state index contributed by atoms with van der Waals surface area (Å²) in [5.74, 6) is -0.309. The number of hydrogen-bond donors (Lipinski definition) is 1. The van der Waals surface area contributed by atoms with E-state index in [1.807, 2.05) is 50.2 Å². The number of aromatic nitrogens is 2. The first-order chi connectivity index (χ1) is 12.4. The van der Waals surface area contributed by atoms with Gasteiger partial charge in [0.25, 0.3) is 0 Å². The fourth-order valence-corrected chi connectivity index (χ4v) is 2.69. The van der Waals surface area contributed by atoms with Gasteiger partial charge >= 0.3 is 5.97 Å². The molecule has 0 aliphatic carbocycles. The first kappa shape index (κ1) is 20.8. The third-order valence-electron chi connectivity index (χ3n) is 4.28. The van der Waals surface area contributed by atoms with Gasteiger partial charge in [0.15, 0.2) is 0 Å². The average molecular weight is 542 g/mol. The topological polar surface area (TPSA) is 72.3 Å². The van der Waals surface area contributed by atoms with E-state index in [2.05, 4.69) is 11.1 Å². The van der Waals surface area contributed by atoms with Crippen molar-refractivity contribution >= 4 is 5.97 Å². The van der Waals surface area contributed by atoms with Gasteiger partial charge in [-0.25, -0.2) is 9.78 Å². The van der Waals surface area contributed by atoms with Crippen molar-refractivity contribution in [2.24, 2.45) is 0 Å². The van der Waals surface area contributed by atoms with Crippen molar-refractivity contribution in [2.75, 3.05) is 7.11 Å². The number of benzene rings is 1. The smallest absolute Gasteiger partial charge is 0.354 e. The van der Waals surface area contributed by atoms with Crippen LogP contribution in [-0.4, -0.2) is 28.2 Å². The Hall–Kier alpha value is -2.52. The van der Waals surface area contributed by atoms with E-state index in [1.54, 1.807) is 19.2 Å². The number of carbonyl (C=O) groups is 1. The van der Waals surface area contributed by atoms with Gasteiger partial charge < -0.3 is 14.8 Å². The molecule has 0 aliphatic rings. The van der Waals surface area contributed by atoms with Gasteiger partial charge in [-0.15, -0.1) is 29.8 Å². The molecule has 27 heavy (non-hydrogen) atoms. The van der Waals surface area contributed by atoms with Crippen LogP contribution in [0.3, 0.4) is 0 Å². The van der Waals surface area contributed by atoms with Gasteiger partial charge in [-0.3, -0.25) is 0 Å². The molecule has 3 aromatic rings. The van der Waals surface area contributed by atoms with E-state index in [9.17, 15) is 9.90 Å². The molecule has 0 saturated carbocycles. The van der Waals surface area contributed by atoms with Crippen molar-refractivity contribution in [1.29, 1.82) is 0 Å². The molecule has 2 aromatic heterocycles. The van der Waals surface area contributed by atoms with Crippen LogP contribution in [0, 0.1) is 6.07 Å². The number of rotatable bonds is 5. The monoisotopic (exact) mass is 542 g/mol. The summed E-state index contributed by atoms with van der Waals surface area (Å²) in [4.78, 5) is 20.3. The van der Waals surface area contributed by atoms with Crippen LogP contribution in [-0.2, 0) is 26.5 Å². The second kappa shape index (κ2) is 8.45. The SMILES string of the molecule is COc1cc[c-]c(-c2cccc(C(C)(C)c3cccc(C(=O)O)n3)n2)c1.[Pt]. The van der Waals surface area contributed by atoms with Gasteiger partial charge in [-0.05, 0) is 37.7 Å². The molecule has 0 bridgehead atoms. The molecule has 6 heteroatoms. The summed E-state index contributed by atoms with van der Waals surface area (Å²) in [5, 5.41) is 9.19. The van der Waals surface area contributed by atoms with Crippen LogP contribution in [0.5, 0.6) is 5.75 Å². The summed E-state index contributed by atoms with van der Waals surface area (Å²) in [6.07, 6.45) is 0. The van der Waals surface area contributed by atoms with Crippen LogP contribution in [0.15, 0.2) is 54.6 Å². The zero-order valence-electron chi connectivity index (χ0n) is 15.2. The number of pyridine rings is 2. The number of nitrogens with zero attached hydrogens (tertiary/aromatic N) is 2. The predicted octanol–water partition coefficient (Wildman–Crippen LogP) is 3.97. The molecule has 0 unspecified atom stereocenters. The second-order valence-corrected chi connectivity index (χ2v) is 6.39. The summed E-state index contributed by atoms with van der Waals surface area (Å²) in [6.45, 7) is 3.95. The summed E-state index contributed by atoms with van der Waals surface area (Å²) in [5.41, 5.74) is 2.50. The van der Waals surface area contributed by atoms with E-state index in [-0.39, 0.29) is 26.8 Å². The molecule has 0 amide bonds. The Labute approximate surface area is 172 Å². The van der Waals surface area contributed by atoms with Crippen molar-refractivity contribution in [3.8, 4) is 17.0 Å². The van der Waals surface area contributed by atoms with Crippen molar-refractivity contribution in [3.63, 3.8) is 0 Å². The third-order valence-corrected chi connectivity index (χ3v) is 4.28. The minimum atomic E-state index is -1.05. The summed E-state index contributed by atoms with van der Waals surface area (Å²) >= 11 is 0. The van der Waals surface area contributed by atoms with Crippen LogP contribution < -0.4 is 4.74 Å². The molecule has 0 aliphatic heterocycles. The molecule has 0 spiro atoms. The van der Waals surface area contributed by atoms with Gasteiger partial charge in [0, 0.05) is 37.9 Å². The van der Waals surface area contributed by atoms with Gasteiger partial charge in [-0.1, -0.05) is 18.2 Å². The van der Waals surface area contributed by atoms with Crippen LogP contribution >= 0.6 is 0 Å². The van der Waals surface area contributed by atoms with E-state index < -0.39 is 11.4 Å². The number of carboxylic acid groups (broad SMARTS) is 1. The Morgan fingerprint density at radius 1 is 1.07 bits per heavy atom. The zero-order chi connectivity index (χ0) is 18.7. The molecule has 5 nitrogen and oxygen atoms in total. The fraction of sp³-hybridized carbons (Fsp3) is 0.190. The van der Waals surface area contributed by atoms with Crippen molar-refractivity contribution in [2.45, 2.75) is 19.3 Å². The van der Waals surface area contributed by atoms with E-state index in [1.165, 1.54) is 6.07 Å². The predicted molar refractivity (Wildman–Crippen MR) is 98.4 cm³/mol. The Bertz CT molecular complexity index is 957. The number of ether oxygens (including phenoxy) is 1. The van der Waals surface area contributed by atoms with Crippen molar-refractivity contribution in [3.05, 3.63) is 77.7 Å². The molecular formula is C21H19N2O3Pt-. The van der Waals surface area contributed by atoms with Gasteiger partial charge in [0.1, 0.15) is 5.69 Å². The first-order valence-corrected chi connectivity index (χ1v) is 8.16. The van der Waals surface area contributed by atoms with Gasteiger partial charge in [0.05, 0.1) is 12.8 Å². The summed E-state index contributed by atoms with van der Waals surface area (Å²) in [7, 11) is 1.62. The summed E-state index contributed by atoms with van der Waals surface area (Å²) < 4.78 is 5.27. The molecular weight excluding hydrogens is 523 g/mol. The van der Waals surface area contributed by atoms with E-state index >= 15 is 0 Å². The molecule has 3 rings (SSSR count). The van der Waals surface area contributed by atoms with E-state index in [0.29, 0.717) is 5.69 Å². The largest absolute Gasteiger partial charge is 0.516 e. The molecule has 142 valence electrons. The number of methoxy groups -OCH3 is 1. The minimum Gasteiger partial charge on any atom is -0.516 e. The van der Waals surface area contributed by atoms with Crippen LogP contribution in [0.25, 0.3) is 11.3 Å². The Morgan fingerprint density at radius 3 is 2.41 bits per heavy atom. The van der Waals surface area contributed by atoms with E-state index in [4.69, 9.17) is 9.72 Å².